The molecule has 24 heavy (non-hydrogen) atoms. The number of hydrogen-bond donors (Lipinski definition) is 1. The van der Waals surface area contributed by atoms with Gasteiger partial charge in [-0.15, -0.1) is 12.4 Å². The highest BCUT2D eigenvalue weighted by Crippen LogP contribution is 2.18. The lowest BCUT2D eigenvalue weighted by atomic mass is 10.1. The molecule has 0 saturated carbocycles. The summed E-state index contributed by atoms with van der Waals surface area (Å²) in [7, 11) is 0. The van der Waals surface area contributed by atoms with Crippen molar-refractivity contribution in [1.82, 2.24) is 10.2 Å². The zero-order valence-electron chi connectivity index (χ0n) is 14.9. The average molecular weight is 355 g/mol. The molecule has 1 aliphatic rings. The highest BCUT2D eigenvalue weighted by atomic mass is 35.5. The molecular formula is C19H31ClN2O2. The molecule has 1 amide bonds. The smallest absolute Gasteiger partial charge is 0.221 e. The summed E-state index contributed by atoms with van der Waals surface area (Å²) in [4.78, 5) is 14.5. The average Bonchev–Trinajstić information content (AvgIpc) is 2.59. The Morgan fingerprint density at radius 1 is 1.21 bits per heavy atom. The van der Waals surface area contributed by atoms with Gasteiger partial charge in [0.05, 0.1) is 12.6 Å². The predicted octanol–water partition coefficient (Wildman–Crippen LogP) is 3.95. The summed E-state index contributed by atoms with van der Waals surface area (Å²) in [6.07, 6.45) is 5.46. The number of carbonyl (C=O) groups is 1. The number of benzene rings is 1. The van der Waals surface area contributed by atoms with Crippen molar-refractivity contribution in [3.05, 3.63) is 29.8 Å². The van der Waals surface area contributed by atoms with E-state index in [1.165, 1.54) is 19.3 Å². The van der Waals surface area contributed by atoms with Crippen LogP contribution < -0.4 is 10.1 Å². The molecule has 1 aromatic carbocycles. The van der Waals surface area contributed by atoms with Crippen LogP contribution in [-0.4, -0.2) is 37.0 Å². The quantitative estimate of drug-likeness (QED) is 0.768. The van der Waals surface area contributed by atoms with Gasteiger partial charge < -0.3 is 15.0 Å². The Kier molecular flexibility index (Phi) is 9.80. The van der Waals surface area contributed by atoms with Crippen LogP contribution in [0.5, 0.6) is 5.75 Å². The molecule has 1 atom stereocenters. The summed E-state index contributed by atoms with van der Waals surface area (Å²) in [5.74, 6) is 1.02. The van der Waals surface area contributed by atoms with Crippen LogP contribution in [0.1, 0.15) is 57.6 Å². The molecule has 0 bridgehead atoms. The topological polar surface area (TPSA) is 41.6 Å². The lowest BCUT2D eigenvalue weighted by Crippen LogP contribution is -2.34. The van der Waals surface area contributed by atoms with Crippen molar-refractivity contribution in [2.75, 3.05) is 26.2 Å². The molecule has 1 N–H and O–H groups in total. The molecule has 0 spiro atoms. The molecule has 1 aromatic rings. The SMILES string of the molecule is CCCOc1ccc(C(C)NC(=O)CCN2CCCCC2)cc1.Cl. The van der Waals surface area contributed by atoms with Gasteiger partial charge in [-0.2, -0.15) is 0 Å². The zero-order chi connectivity index (χ0) is 16.5. The van der Waals surface area contributed by atoms with Gasteiger partial charge in [-0.05, 0) is 57.0 Å². The number of halogens is 1. The van der Waals surface area contributed by atoms with Crippen LogP contribution in [0.15, 0.2) is 24.3 Å². The number of likely N-dealkylation sites (tertiary alicyclic amines) is 1. The second-order valence-corrected chi connectivity index (χ2v) is 6.36. The van der Waals surface area contributed by atoms with E-state index in [2.05, 4.69) is 17.1 Å². The Morgan fingerprint density at radius 2 is 1.88 bits per heavy atom. The molecular weight excluding hydrogens is 324 g/mol. The minimum Gasteiger partial charge on any atom is -0.494 e. The third-order valence-corrected chi connectivity index (χ3v) is 4.33. The van der Waals surface area contributed by atoms with Gasteiger partial charge in [0.1, 0.15) is 5.75 Å². The van der Waals surface area contributed by atoms with Gasteiger partial charge in [0.15, 0.2) is 0 Å². The van der Waals surface area contributed by atoms with Crippen molar-refractivity contribution in [2.45, 2.75) is 52.0 Å². The van der Waals surface area contributed by atoms with Gasteiger partial charge in [0.25, 0.3) is 0 Å². The summed E-state index contributed by atoms with van der Waals surface area (Å²) < 4.78 is 5.58. The van der Waals surface area contributed by atoms with E-state index in [9.17, 15) is 4.79 Å². The van der Waals surface area contributed by atoms with Gasteiger partial charge in [-0.1, -0.05) is 25.5 Å². The second-order valence-electron chi connectivity index (χ2n) is 6.36. The Hall–Kier alpha value is -1.26. The van der Waals surface area contributed by atoms with Crippen LogP contribution in [0.25, 0.3) is 0 Å². The number of carbonyl (C=O) groups excluding carboxylic acids is 1. The molecule has 1 unspecified atom stereocenters. The summed E-state index contributed by atoms with van der Waals surface area (Å²) in [6, 6.07) is 8.04. The minimum absolute atomic E-state index is 0. The van der Waals surface area contributed by atoms with E-state index in [1.54, 1.807) is 0 Å². The van der Waals surface area contributed by atoms with Gasteiger partial charge in [-0.3, -0.25) is 4.79 Å². The minimum atomic E-state index is 0. The van der Waals surface area contributed by atoms with Crippen LogP contribution in [0.2, 0.25) is 0 Å². The third kappa shape index (κ3) is 7.10. The van der Waals surface area contributed by atoms with Crippen LogP contribution in [0, 0.1) is 0 Å². The maximum atomic E-state index is 12.1. The van der Waals surface area contributed by atoms with E-state index in [-0.39, 0.29) is 24.4 Å². The zero-order valence-corrected chi connectivity index (χ0v) is 15.7. The van der Waals surface area contributed by atoms with Gasteiger partial charge in [0.2, 0.25) is 5.91 Å². The first kappa shape index (κ1) is 20.8. The van der Waals surface area contributed by atoms with Gasteiger partial charge in [0, 0.05) is 13.0 Å². The molecule has 4 nitrogen and oxygen atoms in total. The molecule has 5 heteroatoms. The molecule has 0 aliphatic carbocycles. The van der Waals surface area contributed by atoms with Crippen molar-refractivity contribution in [3.63, 3.8) is 0 Å². The van der Waals surface area contributed by atoms with E-state index in [0.29, 0.717) is 6.42 Å². The standard InChI is InChI=1S/C19H30N2O2.ClH/c1-3-15-23-18-9-7-17(8-10-18)16(2)20-19(22)11-14-21-12-5-4-6-13-21;/h7-10,16H,3-6,11-15H2,1-2H3,(H,20,22);1H. The first-order valence-electron chi connectivity index (χ1n) is 8.93. The number of nitrogens with zero attached hydrogens (tertiary/aromatic N) is 1. The Balaban J connectivity index is 0.00000288. The summed E-state index contributed by atoms with van der Waals surface area (Å²) in [6.45, 7) is 8.02. The predicted molar refractivity (Wildman–Crippen MR) is 101 cm³/mol. The molecule has 136 valence electrons. The lowest BCUT2D eigenvalue weighted by molar-refractivity contribution is -0.122. The Bertz CT molecular complexity index is 473. The van der Waals surface area contributed by atoms with E-state index in [4.69, 9.17) is 4.74 Å². The van der Waals surface area contributed by atoms with Crippen LogP contribution >= 0.6 is 12.4 Å². The second kappa shape index (κ2) is 11.3. The maximum absolute atomic E-state index is 12.1. The summed E-state index contributed by atoms with van der Waals surface area (Å²) >= 11 is 0. The lowest BCUT2D eigenvalue weighted by Gasteiger charge is -2.26. The monoisotopic (exact) mass is 354 g/mol. The normalized spacial score (nSPS) is 16.1. The number of rotatable bonds is 8. The number of amides is 1. The Morgan fingerprint density at radius 3 is 2.50 bits per heavy atom. The van der Waals surface area contributed by atoms with Crippen molar-refractivity contribution in [1.29, 1.82) is 0 Å². The fourth-order valence-corrected chi connectivity index (χ4v) is 2.91. The van der Waals surface area contributed by atoms with Crippen molar-refractivity contribution in [3.8, 4) is 5.75 Å². The third-order valence-electron chi connectivity index (χ3n) is 4.33. The fourth-order valence-electron chi connectivity index (χ4n) is 2.91. The molecule has 0 aromatic heterocycles. The molecule has 1 fully saturated rings. The van der Waals surface area contributed by atoms with Crippen molar-refractivity contribution >= 4 is 18.3 Å². The van der Waals surface area contributed by atoms with Crippen LogP contribution in [-0.2, 0) is 4.79 Å². The summed E-state index contributed by atoms with van der Waals surface area (Å²) in [5.41, 5.74) is 1.11. The maximum Gasteiger partial charge on any atom is 0.221 e. The Labute approximate surface area is 152 Å². The van der Waals surface area contributed by atoms with E-state index < -0.39 is 0 Å². The van der Waals surface area contributed by atoms with Crippen LogP contribution in [0.3, 0.4) is 0 Å². The first-order chi connectivity index (χ1) is 11.2. The van der Waals surface area contributed by atoms with Gasteiger partial charge in [-0.25, -0.2) is 0 Å². The highest BCUT2D eigenvalue weighted by Gasteiger charge is 2.13. The molecule has 1 aliphatic heterocycles. The van der Waals surface area contributed by atoms with E-state index in [0.717, 1.165) is 44.0 Å². The fraction of sp³-hybridized carbons (Fsp3) is 0.632. The number of nitrogens with one attached hydrogen (secondary N) is 1. The largest absolute Gasteiger partial charge is 0.494 e. The molecule has 0 radical (unpaired) electrons. The number of piperidine rings is 1. The highest BCUT2D eigenvalue weighted by molar-refractivity contribution is 5.85. The number of ether oxygens (including phenoxy) is 1. The van der Waals surface area contributed by atoms with Crippen molar-refractivity contribution in [2.24, 2.45) is 0 Å². The van der Waals surface area contributed by atoms with Crippen LogP contribution in [0.4, 0.5) is 0 Å². The molecule has 2 rings (SSSR count). The number of hydrogen-bond acceptors (Lipinski definition) is 3. The van der Waals surface area contributed by atoms with Gasteiger partial charge >= 0.3 is 0 Å². The van der Waals surface area contributed by atoms with Crippen molar-refractivity contribution < 1.29 is 9.53 Å². The molecule has 1 heterocycles. The summed E-state index contributed by atoms with van der Waals surface area (Å²) in [5, 5.41) is 3.09. The van der Waals surface area contributed by atoms with E-state index >= 15 is 0 Å². The molecule has 1 saturated heterocycles. The van der Waals surface area contributed by atoms with E-state index in [1.807, 2.05) is 31.2 Å². The first-order valence-corrected chi connectivity index (χ1v) is 8.93.